The monoisotopic (exact) mass is 510 g/mol. The Labute approximate surface area is 213 Å². The van der Waals surface area contributed by atoms with Crippen molar-refractivity contribution >= 4 is 10.8 Å². The van der Waals surface area contributed by atoms with E-state index in [9.17, 15) is 23.4 Å². The van der Waals surface area contributed by atoms with Crippen LogP contribution in [0, 0.1) is 0 Å². The first-order valence-corrected chi connectivity index (χ1v) is 12.0. The second-order valence-electron chi connectivity index (χ2n) is 8.93. The zero-order valence-corrected chi connectivity index (χ0v) is 21.1. The molecule has 0 unspecified atom stereocenters. The number of aromatic hydroxyl groups is 1. The number of benzene rings is 4. The highest BCUT2D eigenvalue weighted by Gasteiger charge is 2.34. The van der Waals surface area contributed by atoms with Crippen LogP contribution in [0.5, 0.6) is 17.2 Å². The van der Waals surface area contributed by atoms with Crippen LogP contribution in [-0.2, 0) is 11.8 Å². The zero-order chi connectivity index (χ0) is 27.0. The lowest BCUT2D eigenvalue weighted by atomic mass is 9.80. The molecule has 0 aliphatic rings. The van der Waals surface area contributed by atoms with E-state index in [0.717, 1.165) is 6.07 Å². The number of aliphatic hydroxyl groups is 1. The largest absolute Gasteiger partial charge is 0.507 e. The predicted molar refractivity (Wildman–Crippen MR) is 139 cm³/mol. The molecule has 0 aliphatic carbocycles. The van der Waals surface area contributed by atoms with Gasteiger partial charge >= 0.3 is 6.18 Å². The molecule has 37 heavy (non-hydrogen) atoms. The molecule has 7 heteroatoms. The predicted octanol–water partition coefficient (Wildman–Crippen LogP) is 7.92. The van der Waals surface area contributed by atoms with Crippen molar-refractivity contribution in [1.29, 1.82) is 0 Å². The van der Waals surface area contributed by atoms with Gasteiger partial charge in [-0.1, -0.05) is 56.3 Å². The number of phenols is 1. The van der Waals surface area contributed by atoms with E-state index in [4.69, 9.17) is 9.47 Å². The molecular weight excluding hydrogens is 481 g/mol. The smallest absolute Gasteiger partial charge is 0.417 e. The van der Waals surface area contributed by atoms with Gasteiger partial charge in [0, 0.05) is 5.39 Å². The van der Waals surface area contributed by atoms with Crippen molar-refractivity contribution in [3.05, 3.63) is 77.9 Å². The third kappa shape index (κ3) is 4.71. The van der Waals surface area contributed by atoms with Crippen LogP contribution >= 0.6 is 0 Å². The molecule has 0 heterocycles. The van der Waals surface area contributed by atoms with E-state index in [1.165, 1.54) is 26.4 Å². The van der Waals surface area contributed by atoms with E-state index >= 15 is 0 Å². The second kappa shape index (κ2) is 9.98. The van der Waals surface area contributed by atoms with Crippen molar-refractivity contribution in [1.82, 2.24) is 0 Å². The number of phenolic OH excluding ortho intramolecular Hbond substituents is 1. The summed E-state index contributed by atoms with van der Waals surface area (Å²) in [6.45, 7) is 3.72. The van der Waals surface area contributed by atoms with Gasteiger partial charge in [0.15, 0.2) is 11.5 Å². The standard InChI is InChI=1S/C30H29F3O4/c1-5-29(35,6-2)24-17-25(34)21-15-26(36-3)27(37-4)16-22(21)28(24)19-13-11-18(12-14-19)20-9-7-8-10-23(20)30(31,32)33/h7-17,34-35H,5-6H2,1-4H3. The van der Waals surface area contributed by atoms with E-state index in [2.05, 4.69) is 0 Å². The van der Waals surface area contributed by atoms with E-state index in [0.29, 0.717) is 57.4 Å². The molecule has 0 aliphatic heterocycles. The van der Waals surface area contributed by atoms with Crippen LogP contribution in [0.25, 0.3) is 33.0 Å². The highest BCUT2D eigenvalue weighted by atomic mass is 19.4. The number of ether oxygens (including phenoxy) is 2. The molecule has 0 saturated heterocycles. The maximum Gasteiger partial charge on any atom is 0.417 e. The van der Waals surface area contributed by atoms with Gasteiger partial charge in [-0.2, -0.15) is 13.2 Å². The maximum absolute atomic E-state index is 13.6. The Morgan fingerprint density at radius 1 is 0.730 bits per heavy atom. The Balaban J connectivity index is 2.00. The van der Waals surface area contributed by atoms with Crippen molar-refractivity contribution in [3.8, 4) is 39.5 Å². The van der Waals surface area contributed by atoms with Crippen LogP contribution in [-0.4, -0.2) is 24.4 Å². The summed E-state index contributed by atoms with van der Waals surface area (Å²) in [4.78, 5) is 0. The van der Waals surface area contributed by atoms with Crippen LogP contribution in [0.1, 0.15) is 37.8 Å². The average Bonchev–Trinajstić information content (AvgIpc) is 2.91. The maximum atomic E-state index is 13.6. The van der Waals surface area contributed by atoms with Crippen molar-refractivity contribution in [2.75, 3.05) is 14.2 Å². The Bertz CT molecular complexity index is 1420. The lowest BCUT2D eigenvalue weighted by molar-refractivity contribution is -0.137. The molecule has 0 amide bonds. The van der Waals surface area contributed by atoms with Gasteiger partial charge in [0.05, 0.1) is 25.4 Å². The number of fused-ring (bicyclic) bond motifs is 1. The van der Waals surface area contributed by atoms with E-state index in [1.54, 1.807) is 48.5 Å². The second-order valence-corrected chi connectivity index (χ2v) is 8.93. The van der Waals surface area contributed by atoms with Gasteiger partial charge in [0.1, 0.15) is 5.75 Å². The van der Waals surface area contributed by atoms with Gasteiger partial charge in [-0.05, 0) is 70.3 Å². The number of methoxy groups -OCH3 is 2. The van der Waals surface area contributed by atoms with Crippen LogP contribution in [0.3, 0.4) is 0 Å². The summed E-state index contributed by atoms with van der Waals surface area (Å²) in [6.07, 6.45) is -3.69. The van der Waals surface area contributed by atoms with Crippen molar-refractivity contribution in [3.63, 3.8) is 0 Å². The minimum absolute atomic E-state index is 0.0225. The Morgan fingerprint density at radius 2 is 1.27 bits per heavy atom. The summed E-state index contributed by atoms with van der Waals surface area (Å²) in [5.41, 5.74) is 0.427. The van der Waals surface area contributed by atoms with Crippen LogP contribution in [0.15, 0.2) is 66.7 Å². The molecule has 0 atom stereocenters. The molecule has 0 radical (unpaired) electrons. The number of hydrogen-bond donors (Lipinski definition) is 2. The number of halogens is 3. The molecule has 0 fully saturated rings. The average molecular weight is 511 g/mol. The molecule has 0 bridgehead atoms. The summed E-state index contributed by atoms with van der Waals surface area (Å²) >= 11 is 0. The molecular formula is C30H29F3O4. The first-order chi connectivity index (χ1) is 17.6. The number of hydrogen-bond acceptors (Lipinski definition) is 4. The zero-order valence-electron chi connectivity index (χ0n) is 21.1. The molecule has 4 nitrogen and oxygen atoms in total. The lowest BCUT2D eigenvalue weighted by Crippen LogP contribution is -2.24. The molecule has 4 rings (SSSR count). The summed E-state index contributed by atoms with van der Waals surface area (Å²) in [5.74, 6) is 0.857. The summed E-state index contributed by atoms with van der Waals surface area (Å²) in [5, 5.41) is 23.6. The first kappa shape index (κ1) is 26.4. The third-order valence-corrected chi connectivity index (χ3v) is 7.01. The highest BCUT2D eigenvalue weighted by Crippen LogP contribution is 2.47. The third-order valence-electron chi connectivity index (χ3n) is 7.01. The Hall–Kier alpha value is -3.71. The first-order valence-electron chi connectivity index (χ1n) is 12.0. The Kier molecular flexibility index (Phi) is 7.11. The Morgan fingerprint density at radius 3 is 1.81 bits per heavy atom. The molecule has 4 aromatic rings. The fourth-order valence-corrected chi connectivity index (χ4v) is 4.84. The molecule has 194 valence electrons. The topological polar surface area (TPSA) is 58.9 Å². The normalized spacial score (nSPS) is 12.1. The fourth-order valence-electron chi connectivity index (χ4n) is 4.84. The van der Waals surface area contributed by atoms with E-state index < -0.39 is 17.3 Å². The number of alkyl halides is 3. The molecule has 2 N–H and O–H groups in total. The minimum atomic E-state index is -4.48. The van der Waals surface area contributed by atoms with Crippen LogP contribution in [0.2, 0.25) is 0 Å². The van der Waals surface area contributed by atoms with Crippen molar-refractivity contribution in [2.45, 2.75) is 38.5 Å². The van der Waals surface area contributed by atoms with Gasteiger partial charge in [-0.15, -0.1) is 0 Å². The van der Waals surface area contributed by atoms with Crippen molar-refractivity contribution in [2.24, 2.45) is 0 Å². The van der Waals surface area contributed by atoms with Gasteiger partial charge in [-0.25, -0.2) is 0 Å². The van der Waals surface area contributed by atoms with Crippen LogP contribution in [0.4, 0.5) is 13.2 Å². The molecule has 4 aromatic carbocycles. The van der Waals surface area contributed by atoms with Gasteiger partial charge in [-0.3, -0.25) is 0 Å². The SMILES string of the molecule is CCC(O)(CC)c1cc(O)c2cc(OC)c(OC)cc2c1-c1ccc(-c2ccccc2C(F)(F)F)cc1. The summed E-state index contributed by atoms with van der Waals surface area (Å²) in [6, 6.07) is 17.2. The fraction of sp³-hybridized carbons (Fsp3) is 0.267. The van der Waals surface area contributed by atoms with E-state index in [-0.39, 0.29) is 11.3 Å². The lowest BCUT2D eigenvalue weighted by Gasteiger charge is -2.30. The van der Waals surface area contributed by atoms with Crippen LogP contribution < -0.4 is 9.47 Å². The van der Waals surface area contributed by atoms with Gasteiger partial charge < -0.3 is 19.7 Å². The summed E-state index contributed by atoms with van der Waals surface area (Å²) in [7, 11) is 3.01. The quantitative estimate of drug-likeness (QED) is 0.265. The molecule has 0 saturated carbocycles. The summed E-state index contributed by atoms with van der Waals surface area (Å²) < 4.78 is 51.7. The highest BCUT2D eigenvalue weighted by molar-refractivity contribution is 6.03. The molecule has 0 spiro atoms. The van der Waals surface area contributed by atoms with Gasteiger partial charge in [0.2, 0.25) is 0 Å². The van der Waals surface area contributed by atoms with E-state index in [1.807, 2.05) is 13.8 Å². The minimum Gasteiger partial charge on any atom is -0.507 e. The number of rotatable bonds is 7. The van der Waals surface area contributed by atoms with Gasteiger partial charge in [0.25, 0.3) is 0 Å². The van der Waals surface area contributed by atoms with Crippen molar-refractivity contribution < 1.29 is 32.9 Å². The molecule has 0 aromatic heterocycles.